The van der Waals surface area contributed by atoms with Crippen molar-refractivity contribution in [3.05, 3.63) is 0 Å². The van der Waals surface area contributed by atoms with Gasteiger partial charge < -0.3 is 4.90 Å². The molecular formula is C7H11ClN2O2. The summed E-state index contributed by atoms with van der Waals surface area (Å²) in [5.74, 6) is 0.144. The Morgan fingerprint density at radius 2 is 2.08 bits per heavy atom. The summed E-state index contributed by atoms with van der Waals surface area (Å²) in [5.41, 5.74) is 0. The average molecular weight is 191 g/mol. The Labute approximate surface area is 76.1 Å². The van der Waals surface area contributed by atoms with Crippen molar-refractivity contribution in [2.45, 2.75) is 12.5 Å². The second kappa shape index (κ2) is 3.31. The van der Waals surface area contributed by atoms with Crippen LogP contribution in [0.2, 0.25) is 0 Å². The average Bonchev–Trinajstić information content (AvgIpc) is 2.08. The molecule has 0 aromatic heterocycles. The highest BCUT2D eigenvalue weighted by Gasteiger charge is 2.33. The summed E-state index contributed by atoms with van der Waals surface area (Å²) < 4.78 is 0. The topological polar surface area (TPSA) is 40.6 Å². The fourth-order valence-corrected chi connectivity index (χ4v) is 1.45. The van der Waals surface area contributed by atoms with Crippen LogP contribution in [0.4, 0.5) is 4.79 Å². The molecule has 1 aliphatic heterocycles. The van der Waals surface area contributed by atoms with Gasteiger partial charge in [-0.15, -0.1) is 11.6 Å². The zero-order valence-corrected chi connectivity index (χ0v) is 7.84. The maximum atomic E-state index is 11.3. The maximum Gasteiger partial charge on any atom is 0.326 e. The number of imide groups is 1. The van der Waals surface area contributed by atoms with Crippen LogP contribution >= 0.6 is 11.6 Å². The molecule has 0 radical (unpaired) electrons. The third kappa shape index (κ3) is 1.39. The SMILES string of the molecule is CN1C(=O)CC(CCl)N(C)C1=O. The fourth-order valence-electron chi connectivity index (χ4n) is 1.13. The van der Waals surface area contributed by atoms with E-state index in [1.807, 2.05) is 0 Å². The summed E-state index contributed by atoms with van der Waals surface area (Å²) in [7, 11) is 3.13. The predicted octanol–water partition coefficient (Wildman–Crippen LogP) is 0.508. The van der Waals surface area contributed by atoms with E-state index < -0.39 is 0 Å². The lowest BCUT2D eigenvalue weighted by atomic mass is 10.1. The number of halogens is 1. The molecule has 5 heteroatoms. The van der Waals surface area contributed by atoms with Gasteiger partial charge in [-0.3, -0.25) is 9.69 Å². The standard InChI is InChI=1S/C7H11ClN2O2/c1-9-5(4-8)3-6(11)10(2)7(9)12/h5H,3-4H2,1-2H3. The van der Waals surface area contributed by atoms with Gasteiger partial charge >= 0.3 is 6.03 Å². The number of urea groups is 1. The lowest BCUT2D eigenvalue weighted by molar-refractivity contribution is -0.130. The molecule has 0 aromatic carbocycles. The van der Waals surface area contributed by atoms with Crippen molar-refractivity contribution in [1.82, 2.24) is 9.80 Å². The largest absolute Gasteiger partial charge is 0.326 e. The van der Waals surface area contributed by atoms with Gasteiger partial charge in [-0.05, 0) is 0 Å². The smallest absolute Gasteiger partial charge is 0.323 e. The third-order valence-corrected chi connectivity index (χ3v) is 2.46. The summed E-state index contributed by atoms with van der Waals surface area (Å²) in [6, 6.07) is -0.431. The second-order valence-corrected chi connectivity index (χ2v) is 3.17. The van der Waals surface area contributed by atoms with Crippen LogP contribution in [0.1, 0.15) is 6.42 Å². The zero-order chi connectivity index (χ0) is 9.30. The molecule has 12 heavy (non-hydrogen) atoms. The Balaban J connectivity index is 2.77. The van der Waals surface area contributed by atoms with Crippen molar-refractivity contribution >= 4 is 23.5 Å². The van der Waals surface area contributed by atoms with E-state index in [-0.39, 0.29) is 18.0 Å². The van der Waals surface area contributed by atoms with E-state index >= 15 is 0 Å². The first-order valence-electron chi connectivity index (χ1n) is 3.67. The number of alkyl halides is 1. The van der Waals surface area contributed by atoms with E-state index in [1.54, 1.807) is 7.05 Å². The van der Waals surface area contributed by atoms with Crippen molar-refractivity contribution in [3.8, 4) is 0 Å². The Morgan fingerprint density at radius 3 is 2.58 bits per heavy atom. The third-order valence-electron chi connectivity index (χ3n) is 2.10. The second-order valence-electron chi connectivity index (χ2n) is 2.86. The number of rotatable bonds is 1. The van der Waals surface area contributed by atoms with Crippen molar-refractivity contribution < 1.29 is 9.59 Å². The number of carbonyl (C=O) groups excluding carboxylic acids is 2. The molecule has 1 unspecified atom stereocenters. The molecule has 0 saturated carbocycles. The van der Waals surface area contributed by atoms with E-state index in [4.69, 9.17) is 11.6 Å². The minimum Gasteiger partial charge on any atom is -0.323 e. The summed E-state index contributed by atoms with van der Waals surface area (Å²) >= 11 is 5.59. The van der Waals surface area contributed by atoms with Crippen molar-refractivity contribution in [2.75, 3.05) is 20.0 Å². The molecule has 1 atom stereocenters. The Kier molecular flexibility index (Phi) is 2.57. The molecule has 0 aromatic rings. The van der Waals surface area contributed by atoms with Gasteiger partial charge in [0.25, 0.3) is 0 Å². The van der Waals surface area contributed by atoms with E-state index in [0.717, 1.165) is 4.90 Å². The summed E-state index contributed by atoms with van der Waals surface area (Å²) in [6.45, 7) is 0. The molecule has 1 heterocycles. The highest BCUT2D eigenvalue weighted by Crippen LogP contribution is 2.14. The van der Waals surface area contributed by atoms with Crippen molar-refractivity contribution in [1.29, 1.82) is 0 Å². The molecule has 1 fully saturated rings. The van der Waals surface area contributed by atoms with Gasteiger partial charge in [-0.2, -0.15) is 0 Å². The molecule has 68 valence electrons. The van der Waals surface area contributed by atoms with Crippen LogP contribution in [0.5, 0.6) is 0 Å². The van der Waals surface area contributed by atoms with Crippen molar-refractivity contribution in [3.63, 3.8) is 0 Å². The van der Waals surface area contributed by atoms with E-state index in [0.29, 0.717) is 12.3 Å². The minimum absolute atomic E-state index is 0.150. The van der Waals surface area contributed by atoms with Gasteiger partial charge in [-0.1, -0.05) is 0 Å². The quantitative estimate of drug-likeness (QED) is 0.566. The summed E-state index contributed by atoms with van der Waals surface area (Å²) in [4.78, 5) is 25.0. The molecule has 3 amide bonds. The normalized spacial score (nSPS) is 25.1. The Morgan fingerprint density at radius 1 is 1.50 bits per heavy atom. The predicted molar refractivity (Wildman–Crippen MR) is 45.1 cm³/mol. The first-order valence-corrected chi connectivity index (χ1v) is 4.20. The molecule has 0 N–H and O–H groups in total. The van der Waals surface area contributed by atoms with Crippen LogP contribution in [0.25, 0.3) is 0 Å². The zero-order valence-electron chi connectivity index (χ0n) is 7.08. The maximum absolute atomic E-state index is 11.3. The lowest BCUT2D eigenvalue weighted by Gasteiger charge is -2.35. The monoisotopic (exact) mass is 190 g/mol. The first kappa shape index (κ1) is 9.32. The van der Waals surface area contributed by atoms with Crippen LogP contribution in [-0.2, 0) is 4.79 Å². The van der Waals surface area contributed by atoms with E-state index in [2.05, 4.69) is 0 Å². The molecule has 0 bridgehead atoms. The fraction of sp³-hybridized carbons (Fsp3) is 0.714. The van der Waals surface area contributed by atoms with Gasteiger partial charge in [0, 0.05) is 26.4 Å². The number of carbonyl (C=O) groups is 2. The molecule has 1 aliphatic rings. The summed E-state index contributed by atoms with van der Waals surface area (Å²) in [6.07, 6.45) is 0.322. The molecule has 1 rings (SSSR count). The van der Waals surface area contributed by atoms with Crippen molar-refractivity contribution in [2.24, 2.45) is 0 Å². The Bertz CT molecular complexity index is 219. The first-order chi connectivity index (χ1) is 5.57. The highest BCUT2D eigenvalue weighted by atomic mass is 35.5. The van der Waals surface area contributed by atoms with E-state index in [9.17, 15) is 9.59 Å². The number of nitrogens with zero attached hydrogens (tertiary/aromatic N) is 2. The number of hydrogen-bond donors (Lipinski definition) is 0. The van der Waals surface area contributed by atoms with Crippen LogP contribution in [-0.4, -0.2) is 47.8 Å². The molecule has 4 nitrogen and oxygen atoms in total. The lowest BCUT2D eigenvalue weighted by Crippen LogP contribution is -2.54. The van der Waals surface area contributed by atoms with Crippen LogP contribution in [0, 0.1) is 0 Å². The van der Waals surface area contributed by atoms with Crippen LogP contribution in [0.15, 0.2) is 0 Å². The van der Waals surface area contributed by atoms with Gasteiger partial charge in [-0.25, -0.2) is 4.79 Å². The summed E-state index contributed by atoms with van der Waals surface area (Å²) in [5, 5.41) is 0. The van der Waals surface area contributed by atoms with E-state index in [1.165, 1.54) is 11.9 Å². The minimum atomic E-state index is -0.281. The van der Waals surface area contributed by atoms with Gasteiger partial charge in [0.05, 0.1) is 6.04 Å². The molecule has 1 saturated heterocycles. The van der Waals surface area contributed by atoms with Gasteiger partial charge in [0.15, 0.2) is 0 Å². The highest BCUT2D eigenvalue weighted by molar-refractivity contribution is 6.18. The molecule has 0 spiro atoms. The molecule has 0 aliphatic carbocycles. The van der Waals surface area contributed by atoms with Gasteiger partial charge in [0.1, 0.15) is 0 Å². The van der Waals surface area contributed by atoms with Gasteiger partial charge in [0.2, 0.25) is 5.91 Å². The number of hydrogen-bond acceptors (Lipinski definition) is 2. The number of amides is 3. The Hall–Kier alpha value is -0.770. The molecular weight excluding hydrogens is 180 g/mol. The van der Waals surface area contributed by atoms with Crippen LogP contribution in [0.3, 0.4) is 0 Å². The van der Waals surface area contributed by atoms with Crippen LogP contribution < -0.4 is 0 Å².